The minimum Gasteiger partial charge on any atom is -0.350 e. The second-order valence-corrected chi connectivity index (χ2v) is 4.87. The highest BCUT2D eigenvalue weighted by Crippen LogP contribution is 2.11. The summed E-state index contributed by atoms with van der Waals surface area (Å²) in [5.41, 5.74) is 5.32. The molecule has 1 aromatic heterocycles. The molecule has 90 valence electrons. The zero-order valence-corrected chi connectivity index (χ0v) is 10.3. The lowest BCUT2D eigenvalue weighted by atomic mass is 10.1. The summed E-state index contributed by atoms with van der Waals surface area (Å²) in [7, 11) is 0. The molecule has 1 aromatic rings. The van der Waals surface area contributed by atoms with Crippen molar-refractivity contribution in [3.05, 3.63) is 18.2 Å². The van der Waals surface area contributed by atoms with E-state index in [-0.39, 0.29) is 17.5 Å². The fourth-order valence-electron chi connectivity index (χ4n) is 1.46. The Morgan fingerprint density at radius 2 is 2.25 bits per heavy atom. The third-order valence-corrected chi connectivity index (χ3v) is 2.23. The average Bonchev–Trinajstić information content (AvgIpc) is 2.61. The number of hydrogen-bond donors (Lipinski definition) is 2. The average molecular weight is 224 g/mol. The van der Waals surface area contributed by atoms with Crippen molar-refractivity contribution in [3.63, 3.8) is 0 Å². The molecule has 0 aromatic carbocycles. The van der Waals surface area contributed by atoms with Gasteiger partial charge in [-0.1, -0.05) is 0 Å². The second-order valence-electron chi connectivity index (χ2n) is 4.87. The van der Waals surface area contributed by atoms with Crippen LogP contribution in [0.2, 0.25) is 0 Å². The maximum atomic E-state index is 11.9. The third kappa shape index (κ3) is 3.06. The van der Waals surface area contributed by atoms with E-state index < -0.39 is 0 Å². The van der Waals surface area contributed by atoms with Crippen LogP contribution in [0.3, 0.4) is 0 Å². The quantitative estimate of drug-likeness (QED) is 0.798. The smallest absolute Gasteiger partial charge is 0.243 e. The van der Waals surface area contributed by atoms with Gasteiger partial charge in [0.15, 0.2) is 0 Å². The number of carbonyl (C=O) groups excluding carboxylic acids is 1. The molecule has 5 nitrogen and oxygen atoms in total. The molecular formula is C11H20N4O. The lowest BCUT2D eigenvalue weighted by Crippen LogP contribution is -2.44. The first kappa shape index (κ1) is 12.7. The molecule has 1 atom stereocenters. The molecule has 0 aliphatic heterocycles. The molecule has 1 heterocycles. The van der Waals surface area contributed by atoms with E-state index in [1.807, 2.05) is 27.7 Å². The number of nitrogens with one attached hydrogen (secondary N) is 1. The largest absolute Gasteiger partial charge is 0.350 e. The fourth-order valence-corrected chi connectivity index (χ4v) is 1.46. The number of amides is 1. The zero-order valence-electron chi connectivity index (χ0n) is 10.3. The summed E-state index contributed by atoms with van der Waals surface area (Å²) >= 11 is 0. The first-order valence-electron chi connectivity index (χ1n) is 5.39. The summed E-state index contributed by atoms with van der Waals surface area (Å²) in [4.78, 5) is 16.0. The van der Waals surface area contributed by atoms with Crippen molar-refractivity contribution in [1.82, 2.24) is 14.9 Å². The number of nitrogens with two attached hydrogens (primary N) is 1. The van der Waals surface area contributed by atoms with Gasteiger partial charge in [0, 0.05) is 17.9 Å². The van der Waals surface area contributed by atoms with Gasteiger partial charge in [-0.2, -0.15) is 0 Å². The molecule has 5 heteroatoms. The molecule has 16 heavy (non-hydrogen) atoms. The first-order chi connectivity index (χ1) is 7.35. The summed E-state index contributed by atoms with van der Waals surface area (Å²) in [5.74, 6) is 0.691. The molecule has 1 unspecified atom stereocenters. The molecule has 3 N–H and O–H groups in total. The van der Waals surface area contributed by atoms with Crippen LogP contribution in [0.4, 0.5) is 0 Å². The van der Waals surface area contributed by atoms with E-state index in [2.05, 4.69) is 10.3 Å². The maximum absolute atomic E-state index is 11.9. The summed E-state index contributed by atoms with van der Waals surface area (Å²) in [6.45, 7) is 8.03. The standard InChI is InChI=1S/C11H20N4O/c1-8(10(16)14-11(2,3)4)15-6-5-13-9(15)7-12/h5-6,8H,7,12H2,1-4H3,(H,14,16). The van der Waals surface area contributed by atoms with Crippen LogP contribution in [0.15, 0.2) is 12.4 Å². The second kappa shape index (κ2) is 4.65. The number of rotatable bonds is 3. The Morgan fingerprint density at radius 1 is 1.62 bits per heavy atom. The third-order valence-electron chi connectivity index (χ3n) is 2.23. The first-order valence-corrected chi connectivity index (χ1v) is 5.39. The predicted octanol–water partition coefficient (Wildman–Crippen LogP) is 0.817. The number of aromatic nitrogens is 2. The van der Waals surface area contributed by atoms with Gasteiger partial charge in [0.1, 0.15) is 11.9 Å². The maximum Gasteiger partial charge on any atom is 0.243 e. The highest BCUT2D eigenvalue weighted by atomic mass is 16.2. The highest BCUT2D eigenvalue weighted by molar-refractivity contribution is 5.80. The highest BCUT2D eigenvalue weighted by Gasteiger charge is 2.21. The van der Waals surface area contributed by atoms with E-state index in [0.717, 1.165) is 5.82 Å². The minimum absolute atomic E-state index is 0.0276. The van der Waals surface area contributed by atoms with E-state index in [1.54, 1.807) is 17.0 Å². The number of nitrogens with zero attached hydrogens (tertiary/aromatic N) is 2. The molecule has 0 saturated heterocycles. The Kier molecular flexibility index (Phi) is 3.70. The molecule has 0 saturated carbocycles. The lowest BCUT2D eigenvalue weighted by molar-refractivity contribution is -0.125. The van der Waals surface area contributed by atoms with Gasteiger partial charge in [-0.25, -0.2) is 4.98 Å². The van der Waals surface area contributed by atoms with Crippen LogP contribution >= 0.6 is 0 Å². The predicted molar refractivity (Wildman–Crippen MR) is 62.7 cm³/mol. The van der Waals surface area contributed by atoms with Crippen molar-refractivity contribution in [2.75, 3.05) is 0 Å². The van der Waals surface area contributed by atoms with Crippen molar-refractivity contribution in [2.45, 2.75) is 45.8 Å². The van der Waals surface area contributed by atoms with Gasteiger partial charge >= 0.3 is 0 Å². The van der Waals surface area contributed by atoms with Crippen molar-refractivity contribution >= 4 is 5.91 Å². The Morgan fingerprint density at radius 3 is 2.75 bits per heavy atom. The van der Waals surface area contributed by atoms with Crippen molar-refractivity contribution in [1.29, 1.82) is 0 Å². The van der Waals surface area contributed by atoms with Crippen LogP contribution in [0.25, 0.3) is 0 Å². The minimum atomic E-state index is -0.291. The topological polar surface area (TPSA) is 72.9 Å². The molecule has 0 bridgehead atoms. The Labute approximate surface area is 96.0 Å². The molecular weight excluding hydrogens is 204 g/mol. The summed E-state index contributed by atoms with van der Waals surface area (Å²) in [6, 6.07) is -0.291. The lowest BCUT2D eigenvalue weighted by Gasteiger charge is -2.24. The van der Waals surface area contributed by atoms with Gasteiger partial charge in [0.2, 0.25) is 5.91 Å². The normalized spacial score (nSPS) is 13.6. The summed E-state index contributed by atoms with van der Waals surface area (Å²) < 4.78 is 1.79. The monoisotopic (exact) mass is 224 g/mol. The molecule has 0 aliphatic carbocycles. The van der Waals surface area contributed by atoms with E-state index in [4.69, 9.17) is 5.73 Å². The van der Waals surface area contributed by atoms with Gasteiger partial charge in [-0.3, -0.25) is 4.79 Å². The van der Waals surface area contributed by atoms with Crippen LogP contribution in [0.1, 0.15) is 39.6 Å². The number of imidazole rings is 1. The number of hydrogen-bond acceptors (Lipinski definition) is 3. The molecule has 1 amide bonds. The van der Waals surface area contributed by atoms with Gasteiger partial charge < -0.3 is 15.6 Å². The van der Waals surface area contributed by atoms with Crippen molar-refractivity contribution < 1.29 is 4.79 Å². The van der Waals surface area contributed by atoms with Crippen LogP contribution in [-0.4, -0.2) is 21.0 Å². The summed E-state index contributed by atoms with van der Waals surface area (Å²) in [5, 5.41) is 2.93. The van der Waals surface area contributed by atoms with Crippen LogP contribution in [0.5, 0.6) is 0 Å². The van der Waals surface area contributed by atoms with Crippen molar-refractivity contribution in [3.8, 4) is 0 Å². The van der Waals surface area contributed by atoms with Gasteiger partial charge in [0.25, 0.3) is 0 Å². The fraction of sp³-hybridized carbons (Fsp3) is 0.636. The van der Waals surface area contributed by atoms with Crippen LogP contribution in [0, 0.1) is 0 Å². The van der Waals surface area contributed by atoms with Crippen LogP contribution < -0.4 is 11.1 Å². The van der Waals surface area contributed by atoms with Crippen LogP contribution in [-0.2, 0) is 11.3 Å². The van der Waals surface area contributed by atoms with Gasteiger partial charge in [-0.15, -0.1) is 0 Å². The van der Waals surface area contributed by atoms with E-state index in [9.17, 15) is 4.79 Å². The Hall–Kier alpha value is -1.36. The summed E-state index contributed by atoms with van der Waals surface area (Å²) in [6.07, 6.45) is 3.43. The Bertz CT molecular complexity index is 364. The van der Waals surface area contributed by atoms with Gasteiger partial charge in [-0.05, 0) is 27.7 Å². The molecule has 0 fully saturated rings. The van der Waals surface area contributed by atoms with Gasteiger partial charge in [0.05, 0.1) is 6.54 Å². The Balaban J connectivity index is 2.78. The van der Waals surface area contributed by atoms with E-state index >= 15 is 0 Å². The van der Waals surface area contributed by atoms with E-state index in [0.29, 0.717) is 6.54 Å². The molecule has 0 spiro atoms. The van der Waals surface area contributed by atoms with Crippen molar-refractivity contribution in [2.24, 2.45) is 5.73 Å². The zero-order chi connectivity index (χ0) is 12.3. The molecule has 0 aliphatic rings. The molecule has 0 radical (unpaired) electrons. The number of carbonyl (C=O) groups is 1. The van der Waals surface area contributed by atoms with E-state index in [1.165, 1.54) is 0 Å². The molecule has 1 rings (SSSR count). The SMILES string of the molecule is CC(C(=O)NC(C)(C)C)n1ccnc1CN.